The van der Waals surface area contributed by atoms with E-state index in [0.29, 0.717) is 30.8 Å². The van der Waals surface area contributed by atoms with Crippen LogP contribution in [0, 0.1) is 26.7 Å². The van der Waals surface area contributed by atoms with Gasteiger partial charge in [0.15, 0.2) is 6.10 Å². The van der Waals surface area contributed by atoms with Crippen LogP contribution >= 0.6 is 0 Å². The summed E-state index contributed by atoms with van der Waals surface area (Å²) in [5.74, 6) is -1.09. The number of hydrogen-bond donors (Lipinski definition) is 0. The molecule has 3 unspecified atom stereocenters. The summed E-state index contributed by atoms with van der Waals surface area (Å²) >= 11 is 0. The number of sulfonamides is 1. The molecule has 184 valence electrons. The van der Waals surface area contributed by atoms with Crippen molar-refractivity contribution < 1.29 is 27.5 Å². The second-order valence-corrected chi connectivity index (χ2v) is 11.4. The summed E-state index contributed by atoms with van der Waals surface area (Å²) in [6.07, 6.45) is -0.265. The normalized spacial score (nSPS) is 23.9. The van der Waals surface area contributed by atoms with E-state index in [9.17, 15) is 18.0 Å². The molecule has 3 rings (SSSR count). The number of hydrogen-bond acceptors (Lipinski definition) is 6. The molecular formula is C24H36N2O6S. The van der Waals surface area contributed by atoms with Gasteiger partial charge < -0.3 is 14.4 Å². The lowest BCUT2D eigenvalue weighted by atomic mass is 9.98. The molecule has 2 aliphatic rings. The number of aryl methyl sites for hydroxylation is 3. The molecule has 0 N–H and O–H groups in total. The lowest BCUT2D eigenvalue weighted by molar-refractivity contribution is -0.167. The molecule has 1 aromatic carbocycles. The van der Waals surface area contributed by atoms with Crippen LogP contribution in [0.25, 0.3) is 0 Å². The monoisotopic (exact) mass is 480 g/mol. The van der Waals surface area contributed by atoms with Crippen LogP contribution in [-0.2, 0) is 29.1 Å². The summed E-state index contributed by atoms with van der Waals surface area (Å²) in [6, 6.07) is 3.75. The van der Waals surface area contributed by atoms with Crippen molar-refractivity contribution in [2.75, 3.05) is 26.2 Å². The maximum atomic E-state index is 13.3. The minimum atomic E-state index is -3.64. The van der Waals surface area contributed by atoms with E-state index in [4.69, 9.17) is 9.47 Å². The molecular weight excluding hydrogens is 444 g/mol. The fraction of sp³-hybridized carbons (Fsp3) is 0.667. The van der Waals surface area contributed by atoms with Gasteiger partial charge in [0.2, 0.25) is 10.0 Å². The summed E-state index contributed by atoms with van der Waals surface area (Å²) in [5.41, 5.74) is 2.48. The summed E-state index contributed by atoms with van der Waals surface area (Å²) < 4.78 is 39.1. The number of esters is 1. The lowest BCUT2D eigenvalue weighted by Crippen LogP contribution is -2.51. The average Bonchev–Trinajstić information content (AvgIpc) is 2.71. The van der Waals surface area contributed by atoms with E-state index < -0.39 is 28.0 Å². The first-order chi connectivity index (χ1) is 15.4. The number of ether oxygens (including phenoxy) is 2. The van der Waals surface area contributed by atoms with Gasteiger partial charge in [-0.15, -0.1) is 0 Å². The first-order valence-corrected chi connectivity index (χ1v) is 13.1. The van der Waals surface area contributed by atoms with E-state index in [1.165, 1.54) is 4.31 Å². The highest BCUT2D eigenvalue weighted by molar-refractivity contribution is 7.89. The predicted molar refractivity (Wildman–Crippen MR) is 124 cm³/mol. The van der Waals surface area contributed by atoms with Crippen molar-refractivity contribution in [3.63, 3.8) is 0 Å². The Kier molecular flexibility index (Phi) is 7.86. The zero-order valence-electron chi connectivity index (χ0n) is 20.5. The number of carbonyl (C=O) groups is 2. The van der Waals surface area contributed by atoms with Crippen LogP contribution in [0.1, 0.15) is 50.3 Å². The number of amides is 1. The summed E-state index contributed by atoms with van der Waals surface area (Å²) in [5, 5.41) is 0. The van der Waals surface area contributed by atoms with Gasteiger partial charge in [0.1, 0.15) is 0 Å². The van der Waals surface area contributed by atoms with Crippen molar-refractivity contribution in [3.05, 3.63) is 28.8 Å². The molecule has 2 aliphatic heterocycles. The van der Waals surface area contributed by atoms with Gasteiger partial charge in [-0.25, -0.2) is 8.42 Å². The van der Waals surface area contributed by atoms with Crippen LogP contribution in [0.2, 0.25) is 0 Å². The number of rotatable bonds is 5. The van der Waals surface area contributed by atoms with Crippen LogP contribution in [0.15, 0.2) is 17.0 Å². The molecule has 0 aliphatic carbocycles. The highest BCUT2D eigenvalue weighted by atomic mass is 32.2. The highest BCUT2D eigenvalue weighted by Crippen LogP contribution is 2.29. The minimum Gasteiger partial charge on any atom is -0.452 e. The van der Waals surface area contributed by atoms with Crippen molar-refractivity contribution in [1.82, 2.24) is 9.21 Å². The molecule has 1 amide bonds. The number of morpholine rings is 1. The van der Waals surface area contributed by atoms with Gasteiger partial charge in [-0.05, 0) is 65.5 Å². The Morgan fingerprint density at radius 2 is 1.55 bits per heavy atom. The Morgan fingerprint density at radius 1 is 1.03 bits per heavy atom. The Labute approximate surface area is 197 Å². The van der Waals surface area contributed by atoms with Crippen LogP contribution in [0.3, 0.4) is 0 Å². The summed E-state index contributed by atoms with van der Waals surface area (Å²) in [6.45, 7) is 12.4. The Balaban J connectivity index is 1.58. The SMILES string of the molecule is Cc1cc(C)c(S(=O)(=O)N2CCC(C(=O)OC(C)C(=O)N3CC(C)OC(C)C3)CC2)c(C)c1. The van der Waals surface area contributed by atoms with Crippen molar-refractivity contribution in [1.29, 1.82) is 0 Å². The van der Waals surface area contributed by atoms with Gasteiger partial charge in [0.25, 0.3) is 5.91 Å². The van der Waals surface area contributed by atoms with Gasteiger partial charge in [-0.1, -0.05) is 17.7 Å². The molecule has 0 aromatic heterocycles. The second-order valence-electron chi connectivity index (χ2n) is 9.49. The van der Waals surface area contributed by atoms with Gasteiger partial charge in [0, 0.05) is 26.2 Å². The van der Waals surface area contributed by atoms with Gasteiger partial charge >= 0.3 is 5.97 Å². The van der Waals surface area contributed by atoms with Crippen molar-refractivity contribution >= 4 is 21.9 Å². The lowest BCUT2D eigenvalue weighted by Gasteiger charge is -2.36. The predicted octanol–water partition coefficient (Wildman–Crippen LogP) is 2.58. The van der Waals surface area contributed by atoms with Crippen molar-refractivity contribution in [2.24, 2.45) is 5.92 Å². The molecule has 9 heteroatoms. The molecule has 3 atom stereocenters. The Hall–Kier alpha value is -1.97. The fourth-order valence-corrected chi connectivity index (χ4v) is 6.85. The Morgan fingerprint density at radius 3 is 2.06 bits per heavy atom. The zero-order valence-corrected chi connectivity index (χ0v) is 21.3. The van der Waals surface area contributed by atoms with Crippen molar-refractivity contribution in [3.8, 4) is 0 Å². The standard InChI is InChI=1S/C24H36N2O6S/c1-15-11-16(2)22(17(3)12-15)33(29,30)26-9-7-21(8-10-26)24(28)32-20(6)23(27)25-13-18(4)31-19(5)14-25/h11-12,18-21H,7-10,13-14H2,1-6H3. The Bertz CT molecular complexity index is 967. The maximum Gasteiger partial charge on any atom is 0.309 e. The first kappa shape index (κ1) is 25.6. The summed E-state index contributed by atoms with van der Waals surface area (Å²) in [7, 11) is -3.64. The third kappa shape index (κ3) is 5.75. The maximum absolute atomic E-state index is 13.3. The van der Waals surface area contributed by atoms with Gasteiger partial charge in [-0.2, -0.15) is 4.31 Å². The first-order valence-electron chi connectivity index (χ1n) is 11.6. The minimum absolute atomic E-state index is 0.0623. The molecule has 2 heterocycles. The van der Waals surface area contributed by atoms with E-state index in [0.717, 1.165) is 16.7 Å². The largest absolute Gasteiger partial charge is 0.452 e. The van der Waals surface area contributed by atoms with Crippen LogP contribution in [0.5, 0.6) is 0 Å². The molecule has 33 heavy (non-hydrogen) atoms. The molecule has 0 radical (unpaired) electrons. The van der Waals surface area contributed by atoms with Gasteiger partial charge in [0.05, 0.1) is 23.0 Å². The molecule has 8 nitrogen and oxygen atoms in total. The van der Waals surface area contributed by atoms with E-state index in [-0.39, 0.29) is 31.2 Å². The number of piperidine rings is 1. The number of carbonyl (C=O) groups excluding carboxylic acids is 2. The quantitative estimate of drug-likeness (QED) is 0.602. The molecule has 1 aromatic rings. The highest BCUT2D eigenvalue weighted by Gasteiger charge is 2.36. The smallest absolute Gasteiger partial charge is 0.309 e. The topological polar surface area (TPSA) is 93.2 Å². The third-order valence-electron chi connectivity index (χ3n) is 6.36. The number of benzene rings is 1. The summed E-state index contributed by atoms with van der Waals surface area (Å²) in [4.78, 5) is 27.5. The van der Waals surface area contributed by atoms with E-state index in [1.807, 2.05) is 46.8 Å². The molecule has 0 bridgehead atoms. The van der Waals surface area contributed by atoms with Crippen molar-refractivity contribution in [2.45, 2.75) is 77.6 Å². The van der Waals surface area contributed by atoms with Crippen LogP contribution < -0.4 is 0 Å². The number of nitrogens with zero attached hydrogens (tertiary/aromatic N) is 2. The van der Waals surface area contributed by atoms with Crippen LogP contribution in [0.4, 0.5) is 0 Å². The second kappa shape index (κ2) is 10.1. The molecule has 0 spiro atoms. The third-order valence-corrected chi connectivity index (χ3v) is 8.57. The average molecular weight is 481 g/mol. The fourth-order valence-electron chi connectivity index (χ4n) is 4.97. The molecule has 2 fully saturated rings. The van der Waals surface area contributed by atoms with Crippen LogP contribution in [-0.4, -0.2) is 74.0 Å². The van der Waals surface area contributed by atoms with E-state index >= 15 is 0 Å². The van der Waals surface area contributed by atoms with Gasteiger partial charge in [-0.3, -0.25) is 9.59 Å². The zero-order chi connectivity index (χ0) is 24.5. The van der Waals surface area contributed by atoms with E-state index in [2.05, 4.69) is 0 Å². The molecule has 2 saturated heterocycles. The van der Waals surface area contributed by atoms with E-state index in [1.54, 1.807) is 11.8 Å². The molecule has 0 saturated carbocycles.